The molecule has 0 aliphatic rings. The van der Waals surface area contributed by atoms with Crippen LogP contribution in [0.1, 0.15) is 39.2 Å². The van der Waals surface area contributed by atoms with Gasteiger partial charge < -0.3 is 9.63 Å². The number of rotatable bonds is 7. The van der Waals surface area contributed by atoms with Crippen LogP contribution in [0.3, 0.4) is 0 Å². The Morgan fingerprint density at radius 3 is 2.25 bits per heavy atom. The monoisotopic (exact) mass is 320 g/mol. The molecule has 20 heavy (non-hydrogen) atoms. The van der Waals surface area contributed by atoms with Crippen molar-refractivity contribution in [1.82, 2.24) is 9.97 Å². The number of aliphatic hydroxyl groups is 1. The molecule has 0 radical (unpaired) electrons. The lowest BCUT2D eigenvalue weighted by molar-refractivity contribution is 0.0678. The van der Waals surface area contributed by atoms with Gasteiger partial charge in [-0.1, -0.05) is 0 Å². The van der Waals surface area contributed by atoms with Crippen molar-refractivity contribution in [2.24, 2.45) is 0 Å². The maximum Gasteiger partial charge on any atom is 0.381 e. The fourth-order valence-corrected chi connectivity index (χ4v) is 3.38. The van der Waals surface area contributed by atoms with Gasteiger partial charge in [0.15, 0.2) is 5.82 Å². The summed E-state index contributed by atoms with van der Waals surface area (Å²) in [6.45, 7) is 6.53. The first-order chi connectivity index (χ1) is 9.20. The predicted octanol–water partition coefficient (Wildman–Crippen LogP) is 2.69. The molecular formula is C12H21N2O4PS. The van der Waals surface area contributed by atoms with Gasteiger partial charge in [0, 0.05) is 23.6 Å². The van der Waals surface area contributed by atoms with Crippen LogP contribution >= 0.6 is 6.72 Å². The topological polar surface area (TPSA) is 73.7 Å². The Hall–Kier alpha value is -0.590. The van der Waals surface area contributed by atoms with Crippen molar-refractivity contribution < 1.29 is 18.7 Å². The summed E-state index contributed by atoms with van der Waals surface area (Å²) in [5.41, 5.74) is -0.495. The van der Waals surface area contributed by atoms with Crippen LogP contribution in [0.2, 0.25) is 0 Å². The van der Waals surface area contributed by atoms with Crippen molar-refractivity contribution in [1.29, 1.82) is 0 Å². The lowest BCUT2D eigenvalue weighted by Crippen LogP contribution is -2.20. The van der Waals surface area contributed by atoms with Crippen LogP contribution < -0.4 is 4.52 Å². The number of aryl methyl sites for hydroxylation is 1. The first-order valence-electron chi connectivity index (χ1n) is 6.37. The SMILES string of the molecule is CCOP(=S)(OCC)Oc1cc(C)nc(C(C)(C)O)n1. The zero-order valence-electron chi connectivity index (χ0n) is 12.4. The molecule has 0 bridgehead atoms. The molecule has 1 N–H and O–H groups in total. The van der Waals surface area contributed by atoms with Crippen molar-refractivity contribution in [3.05, 3.63) is 17.6 Å². The van der Waals surface area contributed by atoms with E-state index in [0.717, 1.165) is 0 Å². The zero-order chi connectivity index (χ0) is 15.4. The Balaban J connectivity index is 3.07. The molecule has 0 aliphatic heterocycles. The molecule has 1 aromatic rings. The van der Waals surface area contributed by atoms with Gasteiger partial charge in [-0.2, -0.15) is 4.98 Å². The molecule has 1 rings (SSSR count). The molecule has 0 aromatic carbocycles. The largest absolute Gasteiger partial charge is 0.406 e. The van der Waals surface area contributed by atoms with Gasteiger partial charge in [-0.05, 0) is 34.6 Å². The molecule has 0 spiro atoms. The molecule has 0 saturated carbocycles. The van der Waals surface area contributed by atoms with E-state index >= 15 is 0 Å². The number of aromatic nitrogens is 2. The summed E-state index contributed by atoms with van der Waals surface area (Å²) in [5, 5.41) is 9.98. The molecule has 0 amide bonds. The Kier molecular flexibility index (Phi) is 6.04. The van der Waals surface area contributed by atoms with E-state index in [4.69, 9.17) is 25.4 Å². The third-order valence-corrected chi connectivity index (χ3v) is 4.57. The Morgan fingerprint density at radius 1 is 1.25 bits per heavy atom. The minimum atomic E-state index is -2.87. The van der Waals surface area contributed by atoms with Crippen molar-refractivity contribution in [2.45, 2.75) is 40.2 Å². The summed E-state index contributed by atoms with van der Waals surface area (Å²) in [4.78, 5) is 8.35. The van der Waals surface area contributed by atoms with Gasteiger partial charge in [0.2, 0.25) is 5.88 Å². The molecule has 8 heteroatoms. The van der Waals surface area contributed by atoms with Gasteiger partial charge in [-0.15, -0.1) is 0 Å². The molecule has 0 atom stereocenters. The minimum Gasteiger partial charge on any atom is -0.406 e. The highest BCUT2D eigenvalue weighted by molar-refractivity contribution is 8.07. The normalized spacial score (nSPS) is 12.5. The number of hydrogen-bond donors (Lipinski definition) is 1. The van der Waals surface area contributed by atoms with Crippen LogP contribution in [-0.4, -0.2) is 28.3 Å². The Labute approximate surface area is 124 Å². The Bertz CT molecular complexity index is 495. The molecule has 0 unspecified atom stereocenters. The maximum absolute atomic E-state index is 9.98. The van der Waals surface area contributed by atoms with Crippen LogP contribution in [0.15, 0.2) is 6.07 Å². The van der Waals surface area contributed by atoms with E-state index in [1.165, 1.54) is 0 Å². The van der Waals surface area contributed by atoms with Gasteiger partial charge in [-0.25, -0.2) is 4.98 Å². The number of nitrogens with zero attached hydrogens (tertiary/aromatic N) is 2. The summed E-state index contributed by atoms with van der Waals surface area (Å²) >= 11 is 5.28. The summed E-state index contributed by atoms with van der Waals surface area (Å²) in [6.07, 6.45) is 0. The highest BCUT2D eigenvalue weighted by atomic mass is 32.5. The third-order valence-electron chi connectivity index (χ3n) is 2.16. The standard InChI is InChI=1S/C12H21N2O4PS/c1-6-16-19(20,17-7-2)18-10-8-9(3)13-11(14-10)12(4,5)15/h8,15H,6-7H2,1-5H3. The van der Waals surface area contributed by atoms with Crippen LogP contribution in [-0.2, 0) is 26.5 Å². The predicted molar refractivity (Wildman–Crippen MR) is 80.2 cm³/mol. The number of hydrogen-bond acceptors (Lipinski definition) is 7. The summed E-state index contributed by atoms with van der Waals surface area (Å²) < 4.78 is 16.4. The average Bonchev–Trinajstić information content (AvgIpc) is 2.26. The van der Waals surface area contributed by atoms with Crippen LogP contribution in [0, 0.1) is 6.92 Å². The lowest BCUT2D eigenvalue weighted by Gasteiger charge is -2.22. The fraction of sp³-hybridized carbons (Fsp3) is 0.667. The molecule has 0 saturated heterocycles. The average molecular weight is 320 g/mol. The second-order valence-electron chi connectivity index (χ2n) is 4.60. The molecule has 1 aromatic heterocycles. The highest BCUT2D eigenvalue weighted by Gasteiger charge is 2.25. The van der Waals surface area contributed by atoms with Gasteiger partial charge >= 0.3 is 6.72 Å². The van der Waals surface area contributed by atoms with Crippen molar-refractivity contribution in [3.63, 3.8) is 0 Å². The molecule has 0 fully saturated rings. The first-order valence-corrected chi connectivity index (χ1v) is 8.93. The van der Waals surface area contributed by atoms with Crippen molar-refractivity contribution >= 4 is 18.5 Å². The molecule has 114 valence electrons. The van der Waals surface area contributed by atoms with Crippen molar-refractivity contribution in [3.8, 4) is 5.88 Å². The van der Waals surface area contributed by atoms with Crippen molar-refractivity contribution in [2.75, 3.05) is 13.2 Å². The lowest BCUT2D eigenvalue weighted by atomic mass is 10.1. The van der Waals surface area contributed by atoms with E-state index in [2.05, 4.69) is 9.97 Å². The summed E-state index contributed by atoms with van der Waals surface area (Å²) in [6, 6.07) is 1.63. The van der Waals surface area contributed by atoms with E-state index in [1.54, 1.807) is 26.8 Å². The fourth-order valence-electron chi connectivity index (χ4n) is 1.38. The van der Waals surface area contributed by atoms with Gasteiger partial charge in [-0.3, -0.25) is 9.05 Å². The van der Waals surface area contributed by atoms with E-state index < -0.39 is 12.3 Å². The smallest absolute Gasteiger partial charge is 0.381 e. The minimum absolute atomic E-state index is 0.250. The Morgan fingerprint density at radius 2 is 1.80 bits per heavy atom. The third kappa shape index (κ3) is 5.07. The summed E-state index contributed by atoms with van der Waals surface area (Å²) in [5.74, 6) is 0.516. The molecular weight excluding hydrogens is 299 g/mol. The zero-order valence-corrected chi connectivity index (χ0v) is 14.1. The van der Waals surface area contributed by atoms with E-state index in [-0.39, 0.29) is 11.7 Å². The van der Waals surface area contributed by atoms with Gasteiger partial charge in [0.05, 0.1) is 13.2 Å². The van der Waals surface area contributed by atoms with Crippen LogP contribution in [0.25, 0.3) is 0 Å². The molecule has 0 aliphatic carbocycles. The van der Waals surface area contributed by atoms with Gasteiger partial charge in [0.25, 0.3) is 0 Å². The summed E-state index contributed by atoms with van der Waals surface area (Å²) in [7, 11) is 0. The second-order valence-corrected chi connectivity index (χ2v) is 7.54. The van der Waals surface area contributed by atoms with E-state index in [9.17, 15) is 5.11 Å². The van der Waals surface area contributed by atoms with Crippen LogP contribution in [0.4, 0.5) is 0 Å². The second kappa shape index (κ2) is 6.91. The van der Waals surface area contributed by atoms with Crippen LogP contribution in [0.5, 0.6) is 5.88 Å². The van der Waals surface area contributed by atoms with Gasteiger partial charge in [0.1, 0.15) is 5.60 Å². The molecule has 1 heterocycles. The highest BCUT2D eigenvalue weighted by Crippen LogP contribution is 2.49. The molecule has 6 nitrogen and oxygen atoms in total. The van der Waals surface area contributed by atoms with E-state index in [0.29, 0.717) is 18.9 Å². The maximum atomic E-state index is 9.98. The quantitative estimate of drug-likeness (QED) is 0.774. The van der Waals surface area contributed by atoms with E-state index in [1.807, 2.05) is 13.8 Å². The first kappa shape index (κ1) is 17.5.